The van der Waals surface area contributed by atoms with Crippen LogP contribution >= 0.6 is 11.3 Å². The molecule has 120 valence electrons. The van der Waals surface area contributed by atoms with Crippen LogP contribution in [-0.2, 0) is 16.1 Å². The van der Waals surface area contributed by atoms with Gasteiger partial charge in [0.05, 0.1) is 0 Å². The van der Waals surface area contributed by atoms with Gasteiger partial charge in [0.25, 0.3) is 0 Å². The van der Waals surface area contributed by atoms with Crippen molar-refractivity contribution in [1.82, 2.24) is 15.1 Å². The third-order valence-corrected chi connectivity index (χ3v) is 5.59. The zero-order valence-corrected chi connectivity index (χ0v) is 14.0. The molecular formula is C16H23N3O2S. The minimum absolute atomic E-state index is 0.00523. The number of hydrogen-bond acceptors (Lipinski definition) is 4. The topological polar surface area (TPSA) is 52.7 Å². The highest BCUT2D eigenvalue weighted by Crippen LogP contribution is 2.22. The molecule has 0 unspecified atom stereocenters. The van der Waals surface area contributed by atoms with E-state index in [0.29, 0.717) is 13.1 Å². The van der Waals surface area contributed by atoms with Crippen LogP contribution in [0.25, 0.3) is 0 Å². The summed E-state index contributed by atoms with van der Waals surface area (Å²) in [4.78, 5) is 30.2. The number of nitrogens with one attached hydrogen (secondary N) is 1. The van der Waals surface area contributed by atoms with Gasteiger partial charge >= 0.3 is 0 Å². The van der Waals surface area contributed by atoms with Gasteiger partial charge in [0, 0.05) is 31.1 Å². The molecule has 1 N–H and O–H groups in total. The van der Waals surface area contributed by atoms with Crippen molar-refractivity contribution in [2.24, 2.45) is 0 Å². The summed E-state index contributed by atoms with van der Waals surface area (Å²) in [5, 5.41) is 5.01. The van der Waals surface area contributed by atoms with E-state index in [1.165, 1.54) is 10.4 Å². The molecule has 3 rings (SSSR count). The number of carbonyl (C=O) groups excluding carboxylic acids is 2. The third kappa shape index (κ3) is 2.90. The van der Waals surface area contributed by atoms with Crippen LogP contribution in [0.1, 0.15) is 30.2 Å². The van der Waals surface area contributed by atoms with Gasteiger partial charge in [0.1, 0.15) is 12.1 Å². The summed E-state index contributed by atoms with van der Waals surface area (Å²) in [6.07, 6.45) is 1.63. The maximum absolute atomic E-state index is 12.5. The van der Waals surface area contributed by atoms with E-state index in [2.05, 4.69) is 28.6 Å². The van der Waals surface area contributed by atoms with Gasteiger partial charge in [-0.3, -0.25) is 14.5 Å². The molecule has 3 heterocycles. The van der Waals surface area contributed by atoms with Crippen LogP contribution in [0.2, 0.25) is 0 Å². The van der Waals surface area contributed by atoms with Crippen molar-refractivity contribution in [3.63, 3.8) is 0 Å². The molecule has 0 aliphatic carbocycles. The molecule has 2 amide bonds. The van der Waals surface area contributed by atoms with Crippen LogP contribution in [-0.4, -0.2) is 53.3 Å². The lowest BCUT2D eigenvalue weighted by molar-refractivity contribution is -0.153. The number of aryl methyl sites for hydroxylation is 1. The number of carbonyl (C=O) groups is 2. The van der Waals surface area contributed by atoms with Crippen molar-refractivity contribution in [3.8, 4) is 0 Å². The molecule has 0 radical (unpaired) electrons. The highest BCUT2D eigenvalue weighted by molar-refractivity contribution is 7.10. The summed E-state index contributed by atoms with van der Waals surface area (Å²) in [6.45, 7) is 7.15. The molecule has 5 nitrogen and oxygen atoms in total. The van der Waals surface area contributed by atoms with Gasteiger partial charge in [-0.05, 0) is 30.4 Å². The first-order chi connectivity index (χ1) is 10.6. The van der Waals surface area contributed by atoms with Gasteiger partial charge in [0.2, 0.25) is 11.8 Å². The van der Waals surface area contributed by atoms with Crippen molar-refractivity contribution in [3.05, 3.63) is 21.9 Å². The normalized spacial score (nSPS) is 26.0. The van der Waals surface area contributed by atoms with Crippen molar-refractivity contribution in [2.75, 3.05) is 19.6 Å². The average molecular weight is 321 g/mol. The molecule has 0 saturated carbocycles. The summed E-state index contributed by atoms with van der Waals surface area (Å²) >= 11 is 1.76. The zero-order chi connectivity index (χ0) is 15.7. The minimum atomic E-state index is -0.324. The molecule has 2 atom stereocenters. The number of piperazine rings is 2. The Bertz CT molecular complexity index is 571. The Balaban J connectivity index is 1.67. The molecular weight excluding hydrogens is 298 g/mol. The largest absolute Gasteiger partial charge is 0.342 e. The highest BCUT2D eigenvalue weighted by atomic mass is 32.1. The summed E-state index contributed by atoms with van der Waals surface area (Å²) < 4.78 is 0. The fourth-order valence-electron chi connectivity index (χ4n) is 3.25. The Morgan fingerprint density at radius 2 is 2.18 bits per heavy atom. The number of rotatable bonds is 4. The molecule has 2 aliphatic rings. The van der Waals surface area contributed by atoms with Crippen LogP contribution in [0.3, 0.4) is 0 Å². The molecule has 2 aliphatic heterocycles. The summed E-state index contributed by atoms with van der Waals surface area (Å²) in [6, 6.07) is 1.48. The van der Waals surface area contributed by atoms with Gasteiger partial charge in [-0.1, -0.05) is 13.3 Å². The second-order valence-electron chi connectivity index (χ2n) is 6.16. The number of nitrogens with zero attached hydrogens (tertiary/aromatic N) is 2. The van der Waals surface area contributed by atoms with Crippen LogP contribution in [0.15, 0.2) is 11.4 Å². The van der Waals surface area contributed by atoms with E-state index in [4.69, 9.17) is 0 Å². The number of hydrogen-bond donors (Lipinski definition) is 1. The van der Waals surface area contributed by atoms with E-state index >= 15 is 0 Å². The van der Waals surface area contributed by atoms with Gasteiger partial charge < -0.3 is 10.2 Å². The summed E-state index contributed by atoms with van der Waals surface area (Å²) in [5.74, 6) is 0.101. The van der Waals surface area contributed by atoms with Crippen molar-refractivity contribution in [2.45, 2.75) is 45.3 Å². The lowest BCUT2D eigenvalue weighted by Gasteiger charge is -2.45. The third-order valence-electron chi connectivity index (χ3n) is 4.58. The second-order valence-corrected chi connectivity index (χ2v) is 7.16. The number of amides is 2. The van der Waals surface area contributed by atoms with Crippen LogP contribution < -0.4 is 5.32 Å². The molecule has 0 aromatic carbocycles. The quantitative estimate of drug-likeness (QED) is 0.911. The monoisotopic (exact) mass is 321 g/mol. The smallest absolute Gasteiger partial charge is 0.245 e. The van der Waals surface area contributed by atoms with Gasteiger partial charge in [-0.2, -0.15) is 0 Å². The Kier molecular flexibility index (Phi) is 4.49. The summed E-state index contributed by atoms with van der Waals surface area (Å²) in [5.41, 5.74) is 1.31. The molecule has 1 aromatic heterocycles. The molecule has 22 heavy (non-hydrogen) atoms. The first kappa shape index (κ1) is 15.5. The maximum Gasteiger partial charge on any atom is 0.245 e. The molecule has 2 saturated heterocycles. The van der Waals surface area contributed by atoms with Gasteiger partial charge in [-0.15, -0.1) is 11.3 Å². The maximum atomic E-state index is 12.5. The van der Waals surface area contributed by atoms with Gasteiger partial charge in [-0.25, -0.2) is 0 Å². The number of fused-ring (bicyclic) bond motifs is 1. The van der Waals surface area contributed by atoms with E-state index in [1.807, 2.05) is 6.92 Å². The fraction of sp³-hybridized carbons (Fsp3) is 0.625. The molecule has 0 spiro atoms. The Labute approximate surface area is 135 Å². The zero-order valence-electron chi connectivity index (χ0n) is 13.2. The van der Waals surface area contributed by atoms with E-state index < -0.39 is 0 Å². The van der Waals surface area contributed by atoms with Crippen LogP contribution in [0.5, 0.6) is 0 Å². The lowest BCUT2D eigenvalue weighted by Crippen LogP contribution is -2.69. The van der Waals surface area contributed by atoms with Crippen LogP contribution in [0, 0.1) is 6.92 Å². The highest BCUT2D eigenvalue weighted by Gasteiger charge is 2.42. The van der Waals surface area contributed by atoms with E-state index in [1.54, 1.807) is 16.2 Å². The molecule has 0 bridgehead atoms. The fourth-order valence-corrected chi connectivity index (χ4v) is 4.20. The predicted molar refractivity (Wildman–Crippen MR) is 86.7 cm³/mol. The Morgan fingerprint density at radius 1 is 1.36 bits per heavy atom. The SMILES string of the molecule is CCC[C@@H]1NC(=O)[C@H]2CN(Cc3sccc3C)CCN2C1=O. The van der Waals surface area contributed by atoms with E-state index in [-0.39, 0.29) is 23.9 Å². The predicted octanol–water partition coefficient (Wildman–Crippen LogP) is 1.37. The van der Waals surface area contributed by atoms with Gasteiger partial charge in [0.15, 0.2) is 0 Å². The minimum Gasteiger partial charge on any atom is -0.342 e. The Hall–Kier alpha value is -1.40. The lowest BCUT2D eigenvalue weighted by atomic mass is 10.0. The summed E-state index contributed by atoms with van der Waals surface area (Å²) in [7, 11) is 0. The second kappa shape index (κ2) is 6.38. The molecule has 6 heteroatoms. The van der Waals surface area contributed by atoms with Crippen LogP contribution in [0.4, 0.5) is 0 Å². The molecule has 1 aromatic rings. The first-order valence-corrected chi connectivity index (χ1v) is 8.84. The Morgan fingerprint density at radius 3 is 2.86 bits per heavy atom. The number of thiophene rings is 1. The van der Waals surface area contributed by atoms with Crippen molar-refractivity contribution < 1.29 is 9.59 Å². The van der Waals surface area contributed by atoms with Crippen molar-refractivity contribution in [1.29, 1.82) is 0 Å². The van der Waals surface area contributed by atoms with E-state index in [9.17, 15) is 9.59 Å². The average Bonchev–Trinajstić information content (AvgIpc) is 2.90. The standard InChI is InChI=1S/C16H23N3O2S/c1-3-4-12-16(21)19-7-6-18(9-13(19)15(20)17-12)10-14-11(2)5-8-22-14/h5,8,12-13H,3-4,6-7,9-10H2,1-2H3,(H,17,20)/t12-,13+/m0/s1. The first-order valence-electron chi connectivity index (χ1n) is 7.96. The molecule has 2 fully saturated rings. The van der Waals surface area contributed by atoms with Crippen molar-refractivity contribution >= 4 is 23.2 Å². The van der Waals surface area contributed by atoms with E-state index in [0.717, 1.165) is 25.9 Å².